The van der Waals surface area contributed by atoms with Crippen molar-refractivity contribution in [2.24, 2.45) is 0 Å². The summed E-state index contributed by atoms with van der Waals surface area (Å²) in [4.78, 5) is 19.5. The molecule has 0 atom stereocenters. The largest absolute Gasteiger partial charge is 0.342 e. The van der Waals surface area contributed by atoms with Gasteiger partial charge in [0.2, 0.25) is 5.91 Å². The Kier molecular flexibility index (Phi) is 6.29. The van der Waals surface area contributed by atoms with Crippen molar-refractivity contribution in [3.8, 4) is 0 Å². The number of piperidine rings is 1. The molecule has 0 bridgehead atoms. The van der Waals surface area contributed by atoms with E-state index >= 15 is 0 Å². The van der Waals surface area contributed by atoms with Crippen LogP contribution < -0.4 is 0 Å². The molecule has 7 nitrogen and oxygen atoms in total. The molecule has 1 aromatic carbocycles. The lowest BCUT2D eigenvalue weighted by Gasteiger charge is -2.32. The maximum absolute atomic E-state index is 12.8. The average Bonchev–Trinajstić information content (AvgIpc) is 3.32. The quantitative estimate of drug-likeness (QED) is 0.451. The van der Waals surface area contributed by atoms with Gasteiger partial charge in [-0.2, -0.15) is 5.10 Å². The monoisotopic (exact) mass is 444 g/mol. The Balaban J connectivity index is 1.37. The average molecular weight is 445 g/mol. The van der Waals surface area contributed by atoms with Crippen molar-refractivity contribution < 1.29 is 4.79 Å². The molecule has 0 unspecified atom stereocenters. The second kappa shape index (κ2) is 8.93. The van der Waals surface area contributed by atoms with Crippen molar-refractivity contribution >= 4 is 40.9 Å². The first-order valence-electron chi connectivity index (χ1n) is 10.5. The summed E-state index contributed by atoms with van der Waals surface area (Å²) < 4.78 is 4.95. The fourth-order valence-electron chi connectivity index (χ4n) is 4.18. The Bertz CT molecular complexity index is 1090. The van der Waals surface area contributed by atoms with E-state index in [0.29, 0.717) is 16.4 Å². The van der Waals surface area contributed by atoms with E-state index in [0.717, 1.165) is 54.5 Å². The highest BCUT2D eigenvalue weighted by Gasteiger charge is 2.28. The topological polar surface area (TPSA) is 71.7 Å². The molecule has 30 heavy (non-hydrogen) atoms. The van der Waals surface area contributed by atoms with Crippen LogP contribution in [0.15, 0.2) is 29.4 Å². The summed E-state index contributed by atoms with van der Waals surface area (Å²) in [5.41, 5.74) is 2.10. The predicted molar refractivity (Wildman–Crippen MR) is 122 cm³/mol. The first kappa shape index (κ1) is 21.1. The molecule has 3 aromatic rings. The lowest BCUT2D eigenvalue weighted by atomic mass is 9.95. The molecule has 1 fully saturated rings. The first-order valence-corrected chi connectivity index (χ1v) is 11.9. The number of likely N-dealkylation sites (tertiary alicyclic amines) is 1. The second-order valence-electron chi connectivity index (χ2n) is 7.92. The molecule has 2 aromatic heterocycles. The minimum atomic E-state index is 0.177. The van der Waals surface area contributed by atoms with Crippen LogP contribution in [-0.2, 0) is 11.3 Å². The summed E-state index contributed by atoms with van der Waals surface area (Å²) in [7, 11) is 0. The molecule has 4 rings (SSSR count). The standard InChI is InChI=1S/C21H28N6OS2/c1-4-26-17-8-6-5-7-16(17)22-21(26)30-13-18(28)25-11-9-15(10-12-25)19-23-24-20(29)27(19)14(2)3/h5-8,14-15H,4,9-13H2,1-3H3,(H,24,29). The highest BCUT2D eigenvalue weighted by Crippen LogP contribution is 2.29. The minimum Gasteiger partial charge on any atom is -0.342 e. The number of imidazole rings is 1. The third-order valence-electron chi connectivity index (χ3n) is 5.72. The zero-order chi connectivity index (χ0) is 21.3. The van der Waals surface area contributed by atoms with E-state index in [2.05, 4.69) is 46.2 Å². The zero-order valence-electron chi connectivity index (χ0n) is 17.7. The van der Waals surface area contributed by atoms with Crippen molar-refractivity contribution in [2.75, 3.05) is 18.8 Å². The molecule has 0 saturated carbocycles. The summed E-state index contributed by atoms with van der Waals surface area (Å²) >= 11 is 6.91. The van der Waals surface area contributed by atoms with E-state index in [1.165, 1.54) is 11.8 Å². The van der Waals surface area contributed by atoms with Gasteiger partial charge >= 0.3 is 0 Å². The molecule has 0 radical (unpaired) electrons. The molecule has 1 aliphatic heterocycles. The lowest BCUT2D eigenvalue weighted by Crippen LogP contribution is -2.39. The number of benzene rings is 1. The number of amides is 1. The Morgan fingerprint density at radius 1 is 1.30 bits per heavy atom. The minimum absolute atomic E-state index is 0.177. The van der Waals surface area contributed by atoms with Crippen LogP contribution in [0.5, 0.6) is 0 Å². The van der Waals surface area contributed by atoms with Gasteiger partial charge in [0.05, 0.1) is 16.8 Å². The maximum Gasteiger partial charge on any atom is 0.233 e. The van der Waals surface area contributed by atoms with Crippen LogP contribution >= 0.6 is 24.0 Å². The summed E-state index contributed by atoms with van der Waals surface area (Å²) in [6.45, 7) is 8.70. The number of para-hydroxylation sites is 2. The number of fused-ring (bicyclic) bond motifs is 1. The molecular weight excluding hydrogens is 416 g/mol. The molecule has 0 aliphatic carbocycles. The molecule has 160 valence electrons. The van der Waals surface area contributed by atoms with Gasteiger partial charge in [0.25, 0.3) is 0 Å². The summed E-state index contributed by atoms with van der Waals surface area (Å²) in [6.07, 6.45) is 1.83. The number of aromatic nitrogens is 5. The molecule has 1 amide bonds. The first-order chi connectivity index (χ1) is 14.5. The van der Waals surface area contributed by atoms with Crippen molar-refractivity contribution in [1.82, 2.24) is 29.2 Å². The summed E-state index contributed by atoms with van der Waals surface area (Å²) in [5, 5.41) is 8.32. The number of hydrogen-bond donors (Lipinski definition) is 1. The van der Waals surface area contributed by atoms with E-state index in [4.69, 9.17) is 17.2 Å². The fourth-order valence-corrected chi connectivity index (χ4v) is 5.51. The highest BCUT2D eigenvalue weighted by molar-refractivity contribution is 7.99. The van der Waals surface area contributed by atoms with Crippen LogP contribution in [0.25, 0.3) is 11.0 Å². The fraction of sp³-hybridized carbons (Fsp3) is 0.524. The highest BCUT2D eigenvalue weighted by atomic mass is 32.2. The number of nitrogens with one attached hydrogen (secondary N) is 1. The van der Waals surface area contributed by atoms with Gasteiger partial charge in [-0.05, 0) is 58.0 Å². The van der Waals surface area contributed by atoms with Crippen molar-refractivity contribution in [3.05, 3.63) is 34.9 Å². The van der Waals surface area contributed by atoms with Gasteiger partial charge in [-0.15, -0.1) is 0 Å². The molecular formula is C21H28N6OS2. The molecule has 0 spiro atoms. The van der Waals surface area contributed by atoms with Crippen LogP contribution in [0, 0.1) is 4.77 Å². The van der Waals surface area contributed by atoms with Crippen LogP contribution in [0.2, 0.25) is 0 Å². The molecule has 1 aliphatic rings. The van der Waals surface area contributed by atoms with Crippen LogP contribution in [0.3, 0.4) is 0 Å². The lowest BCUT2D eigenvalue weighted by molar-refractivity contribution is -0.129. The number of H-pyrrole nitrogens is 1. The maximum atomic E-state index is 12.8. The van der Waals surface area contributed by atoms with Gasteiger partial charge in [0, 0.05) is 31.6 Å². The number of carbonyl (C=O) groups excluding carboxylic acids is 1. The van der Waals surface area contributed by atoms with E-state index < -0.39 is 0 Å². The number of hydrogen-bond acceptors (Lipinski definition) is 5. The predicted octanol–water partition coefficient (Wildman–Crippen LogP) is 4.39. The van der Waals surface area contributed by atoms with Crippen LogP contribution in [-0.4, -0.2) is 54.0 Å². The van der Waals surface area contributed by atoms with Gasteiger partial charge in [-0.1, -0.05) is 23.9 Å². The van der Waals surface area contributed by atoms with Crippen LogP contribution in [0.1, 0.15) is 51.4 Å². The third-order valence-corrected chi connectivity index (χ3v) is 6.97. The molecule has 3 heterocycles. The number of carbonyl (C=O) groups is 1. The van der Waals surface area contributed by atoms with E-state index in [-0.39, 0.29) is 11.9 Å². The number of nitrogens with zero attached hydrogens (tertiary/aromatic N) is 5. The number of aromatic amines is 1. The number of aryl methyl sites for hydroxylation is 1. The Hall–Kier alpha value is -2.13. The van der Waals surface area contributed by atoms with E-state index in [9.17, 15) is 4.79 Å². The second-order valence-corrected chi connectivity index (χ2v) is 9.25. The molecule has 1 N–H and O–H groups in total. The third kappa shape index (κ3) is 4.05. The van der Waals surface area contributed by atoms with Crippen LogP contribution in [0.4, 0.5) is 0 Å². The van der Waals surface area contributed by atoms with E-state index in [1.54, 1.807) is 0 Å². The SMILES string of the molecule is CCn1c(SCC(=O)N2CCC(c3n[nH]c(=S)n3C(C)C)CC2)nc2ccccc21. The smallest absolute Gasteiger partial charge is 0.233 e. The zero-order valence-corrected chi connectivity index (χ0v) is 19.3. The van der Waals surface area contributed by atoms with Crippen molar-refractivity contribution in [1.29, 1.82) is 0 Å². The van der Waals surface area contributed by atoms with Gasteiger partial charge < -0.3 is 14.0 Å². The molecule has 1 saturated heterocycles. The van der Waals surface area contributed by atoms with Crippen molar-refractivity contribution in [2.45, 2.75) is 57.3 Å². The normalized spacial score (nSPS) is 15.4. The summed E-state index contributed by atoms with van der Waals surface area (Å²) in [6, 6.07) is 8.40. The Morgan fingerprint density at radius 2 is 2.03 bits per heavy atom. The Labute approximate surface area is 185 Å². The van der Waals surface area contributed by atoms with Gasteiger partial charge in [-0.25, -0.2) is 4.98 Å². The Morgan fingerprint density at radius 3 is 2.73 bits per heavy atom. The number of thioether (sulfide) groups is 1. The van der Waals surface area contributed by atoms with Gasteiger partial charge in [0.1, 0.15) is 5.82 Å². The molecule has 9 heteroatoms. The summed E-state index contributed by atoms with van der Waals surface area (Å²) in [5.74, 6) is 1.95. The van der Waals surface area contributed by atoms with Crippen molar-refractivity contribution in [3.63, 3.8) is 0 Å². The number of rotatable bonds is 6. The van der Waals surface area contributed by atoms with E-state index in [1.807, 2.05) is 23.1 Å². The van der Waals surface area contributed by atoms with Gasteiger partial charge in [0.15, 0.2) is 9.93 Å². The van der Waals surface area contributed by atoms with Gasteiger partial charge in [-0.3, -0.25) is 9.89 Å².